The van der Waals surface area contributed by atoms with Crippen molar-refractivity contribution in [3.05, 3.63) is 0 Å². The Morgan fingerprint density at radius 1 is 1.11 bits per heavy atom. The first-order valence-corrected chi connectivity index (χ1v) is 9.01. The van der Waals surface area contributed by atoms with Gasteiger partial charge in [0.15, 0.2) is 0 Å². The van der Waals surface area contributed by atoms with Gasteiger partial charge >= 0.3 is 0 Å². The first-order chi connectivity index (χ1) is 9.28. The van der Waals surface area contributed by atoms with Crippen LogP contribution >= 0.6 is 0 Å². The van der Waals surface area contributed by atoms with Crippen LogP contribution in [0.2, 0.25) is 0 Å². The van der Waals surface area contributed by atoms with Crippen LogP contribution in [0.4, 0.5) is 0 Å². The molecule has 1 heteroatoms. The third kappa shape index (κ3) is 3.97. The molecule has 5 atom stereocenters. The van der Waals surface area contributed by atoms with Crippen LogP contribution in [0.5, 0.6) is 0 Å². The van der Waals surface area contributed by atoms with Gasteiger partial charge < -0.3 is 5.32 Å². The number of hydrogen-bond donors (Lipinski definition) is 1. The molecule has 2 bridgehead atoms. The highest BCUT2D eigenvalue weighted by Gasteiger charge is 2.42. The average Bonchev–Trinajstić information content (AvgIpc) is 3.04. The Morgan fingerprint density at radius 3 is 2.47 bits per heavy atom. The molecule has 1 nitrogen and oxygen atoms in total. The van der Waals surface area contributed by atoms with Crippen LogP contribution < -0.4 is 5.32 Å². The summed E-state index contributed by atoms with van der Waals surface area (Å²) >= 11 is 0. The van der Waals surface area contributed by atoms with Crippen molar-refractivity contribution in [3.8, 4) is 0 Å². The summed E-state index contributed by atoms with van der Waals surface area (Å²) in [7, 11) is 0. The van der Waals surface area contributed by atoms with Gasteiger partial charge in [-0.1, -0.05) is 52.9 Å². The van der Waals surface area contributed by atoms with E-state index in [1.54, 1.807) is 6.42 Å². The number of fused-ring (bicyclic) bond motifs is 2. The van der Waals surface area contributed by atoms with Crippen molar-refractivity contribution in [2.75, 3.05) is 6.54 Å². The van der Waals surface area contributed by atoms with E-state index in [0.717, 1.165) is 36.3 Å². The van der Waals surface area contributed by atoms with Gasteiger partial charge in [-0.3, -0.25) is 0 Å². The van der Waals surface area contributed by atoms with Gasteiger partial charge in [0.25, 0.3) is 0 Å². The molecule has 2 rings (SSSR count). The van der Waals surface area contributed by atoms with Gasteiger partial charge in [-0.2, -0.15) is 0 Å². The first kappa shape index (κ1) is 15.4. The van der Waals surface area contributed by atoms with Crippen molar-refractivity contribution < 1.29 is 0 Å². The van der Waals surface area contributed by atoms with Crippen LogP contribution in [0.3, 0.4) is 0 Å². The summed E-state index contributed by atoms with van der Waals surface area (Å²) in [6, 6.07) is 0.821. The van der Waals surface area contributed by atoms with Crippen molar-refractivity contribution >= 4 is 0 Å². The monoisotopic (exact) mass is 265 g/mol. The molecular formula is C18H35N. The highest BCUT2D eigenvalue weighted by molar-refractivity contribution is 4.95. The molecule has 112 valence electrons. The zero-order chi connectivity index (χ0) is 13.7. The lowest BCUT2D eigenvalue weighted by molar-refractivity contribution is 0.212. The topological polar surface area (TPSA) is 12.0 Å². The molecule has 5 unspecified atom stereocenters. The zero-order valence-electron chi connectivity index (χ0n) is 13.5. The Labute approximate surface area is 120 Å². The van der Waals surface area contributed by atoms with Gasteiger partial charge in [0.2, 0.25) is 0 Å². The van der Waals surface area contributed by atoms with E-state index < -0.39 is 0 Å². The maximum Gasteiger partial charge on any atom is 0.0101 e. The van der Waals surface area contributed by atoms with E-state index in [4.69, 9.17) is 0 Å². The van der Waals surface area contributed by atoms with Gasteiger partial charge in [0.05, 0.1) is 0 Å². The molecule has 0 heterocycles. The lowest BCUT2D eigenvalue weighted by Gasteiger charge is -2.33. The third-order valence-electron chi connectivity index (χ3n) is 5.91. The second-order valence-electron chi connectivity index (χ2n) is 7.16. The Kier molecular flexibility index (Phi) is 6.19. The molecule has 0 aromatic rings. The van der Waals surface area contributed by atoms with Crippen molar-refractivity contribution in [2.24, 2.45) is 23.7 Å². The maximum absolute atomic E-state index is 3.85. The molecule has 0 amide bonds. The molecule has 2 aliphatic carbocycles. The number of hydrogen-bond acceptors (Lipinski definition) is 1. The first-order valence-electron chi connectivity index (χ1n) is 9.01. The zero-order valence-corrected chi connectivity index (χ0v) is 13.5. The minimum absolute atomic E-state index is 0.821. The standard InChI is InChI=1S/C18H35N/c1-4-7-8-14(5-2)13-18(19-6-3)17-12-15-9-10-16(17)11-15/h14-19H,4-13H2,1-3H3. The highest BCUT2D eigenvalue weighted by atomic mass is 14.9. The molecule has 2 saturated carbocycles. The largest absolute Gasteiger partial charge is 0.314 e. The smallest absolute Gasteiger partial charge is 0.0101 e. The molecule has 0 aromatic heterocycles. The molecule has 19 heavy (non-hydrogen) atoms. The van der Waals surface area contributed by atoms with E-state index in [1.165, 1.54) is 51.4 Å². The lowest BCUT2D eigenvalue weighted by Crippen LogP contribution is -2.40. The van der Waals surface area contributed by atoms with E-state index in [2.05, 4.69) is 26.1 Å². The van der Waals surface area contributed by atoms with Gasteiger partial charge in [-0.15, -0.1) is 0 Å². The maximum atomic E-state index is 3.85. The van der Waals surface area contributed by atoms with Crippen LogP contribution in [0.25, 0.3) is 0 Å². The second kappa shape index (κ2) is 7.67. The van der Waals surface area contributed by atoms with Crippen LogP contribution in [-0.4, -0.2) is 12.6 Å². The fourth-order valence-electron chi connectivity index (χ4n) is 4.80. The Bertz CT molecular complexity index is 250. The van der Waals surface area contributed by atoms with E-state index >= 15 is 0 Å². The summed E-state index contributed by atoms with van der Waals surface area (Å²) in [5, 5.41) is 3.85. The van der Waals surface area contributed by atoms with Crippen LogP contribution in [0.1, 0.15) is 78.6 Å². The van der Waals surface area contributed by atoms with Crippen LogP contribution in [0, 0.1) is 23.7 Å². The normalized spacial score (nSPS) is 32.7. The van der Waals surface area contributed by atoms with E-state index in [-0.39, 0.29) is 0 Å². The van der Waals surface area contributed by atoms with Crippen LogP contribution in [-0.2, 0) is 0 Å². The van der Waals surface area contributed by atoms with Crippen LogP contribution in [0.15, 0.2) is 0 Å². The Morgan fingerprint density at radius 2 is 1.95 bits per heavy atom. The molecule has 0 radical (unpaired) electrons. The van der Waals surface area contributed by atoms with Crippen molar-refractivity contribution in [2.45, 2.75) is 84.6 Å². The highest BCUT2D eigenvalue weighted by Crippen LogP contribution is 2.50. The van der Waals surface area contributed by atoms with Gasteiger partial charge in [-0.05, 0) is 55.9 Å². The summed E-state index contributed by atoms with van der Waals surface area (Å²) in [4.78, 5) is 0. The third-order valence-corrected chi connectivity index (χ3v) is 5.91. The molecule has 0 saturated heterocycles. The van der Waals surface area contributed by atoms with Gasteiger partial charge in [0.1, 0.15) is 0 Å². The summed E-state index contributed by atoms with van der Waals surface area (Å²) < 4.78 is 0. The molecule has 1 N–H and O–H groups in total. The number of rotatable bonds is 9. The van der Waals surface area contributed by atoms with Crippen molar-refractivity contribution in [1.29, 1.82) is 0 Å². The Hall–Kier alpha value is -0.0400. The quantitative estimate of drug-likeness (QED) is 0.618. The molecule has 0 spiro atoms. The molecule has 2 fully saturated rings. The SMILES string of the molecule is CCCCC(CC)CC(NCC)C1CC2CCC1C2. The summed E-state index contributed by atoms with van der Waals surface area (Å²) in [6.07, 6.45) is 13.2. The minimum Gasteiger partial charge on any atom is -0.314 e. The summed E-state index contributed by atoms with van der Waals surface area (Å²) in [5.41, 5.74) is 0. The average molecular weight is 265 g/mol. The predicted octanol–water partition coefficient (Wildman–Crippen LogP) is 5.01. The van der Waals surface area contributed by atoms with Gasteiger partial charge in [0, 0.05) is 6.04 Å². The molecule has 0 aromatic carbocycles. The number of unbranched alkanes of at least 4 members (excludes halogenated alkanes) is 1. The van der Waals surface area contributed by atoms with Crippen molar-refractivity contribution in [3.63, 3.8) is 0 Å². The number of nitrogens with one attached hydrogen (secondary N) is 1. The van der Waals surface area contributed by atoms with Crippen molar-refractivity contribution in [1.82, 2.24) is 5.32 Å². The van der Waals surface area contributed by atoms with Gasteiger partial charge in [-0.25, -0.2) is 0 Å². The second-order valence-corrected chi connectivity index (χ2v) is 7.16. The molecular weight excluding hydrogens is 230 g/mol. The molecule has 2 aliphatic rings. The fourth-order valence-corrected chi connectivity index (χ4v) is 4.80. The minimum atomic E-state index is 0.821. The lowest BCUT2D eigenvalue weighted by atomic mass is 9.78. The summed E-state index contributed by atoms with van der Waals surface area (Å²) in [6.45, 7) is 8.16. The van der Waals surface area contributed by atoms with E-state index in [1.807, 2.05) is 0 Å². The fraction of sp³-hybridized carbons (Fsp3) is 1.00. The predicted molar refractivity (Wildman–Crippen MR) is 84.3 cm³/mol. The van der Waals surface area contributed by atoms with E-state index in [0.29, 0.717) is 0 Å². The van der Waals surface area contributed by atoms with E-state index in [9.17, 15) is 0 Å². The summed E-state index contributed by atoms with van der Waals surface area (Å²) in [5.74, 6) is 4.13. The Balaban J connectivity index is 1.87. The molecule has 0 aliphatic heterocycles.